The predicted octanol–water partition coefficient (Wildman–Crippen LogP) is 4.46. The number of methoxy groups -OCH3 is 1. The Kier molecular flexibility index (Phi) is 7.41. The minimum absolute atomic E-state index is 0.0167. The fraction of sp³-hybridized carbons (Fsp3) is 0.269. The summed E-state index contributed by atoms with van der Waals surface area (Å²) in [5.74, 6) is -0.571. The summed E-state index contributed by atoms with van der Waals surface area (Å²) in [6.07, 6.45) is 5.83. The number of nitrogens with zero attached hydrogens (tertiary/aromatic N) is 3. The summed E-state index contributed by atoms with van der Waals surface area (Å²) in [4.78, 5) is 31.8. The van der Waals surface area contributed by atoms with Gasteiger partial charge in [0.25, 0.3) is 11.7 Å². The molecule has 0 spiro atoms. The lowest BCUT2D eigenvalue weighted by atomic mass is 9.95. The van der Waals surface area contributed by atoms with E-state index in [1.54, 1.807) is 56.0 Å². The summed E-state index contributed by atoms with van der Waals surface area (Å²) in [5.41, 5.74) is 1.03. The molecule has 1 aliphatic heterocycles. The number of aliphatic hydroxyl groups excluding tert-OH is 1. The summed E-state index contributed by atoms with van der Waals surface area (Å²) in [5, 5.41) is 11.5. The second kappa shape index (κ2) is 10.7. The molecular formula is C26H26ClN3O5. The van der Waals surface area contributed by atoms with Crippen molar-refractivity contribution in [1.82, 2.24) is 14.5 Å². The van der Waals surface area contributed by atoms with E-state index in [4.69, 9.17) is 21.1 Å². The quantitative estimate of drug-likeness (QED) is 0.268. The molecule has 8 nitrogen and oxygen atoms in total. The highest BCUT2D eigenvalue weighted by molar-refractivity contribution is 6.46. The molecule has 0 radical (unpaired) electrons. The van der Waals surface area contributed by atoms with E-state index in [1.165, 1.54) is 11.0 Å². The van der Waals surface area contributed by atoms with E-state index in [9.17, 15) is 14.7 Å². The van der Waals surface area contributed by atoms with Gasteiger partial charge in [-0.2, -0.15) is 0 Å². The Morgan fingerprint density at radius 3 is 2.54 bits per heavy atom. The fourth-order valence-corrected chi connectivity index (χ4v) is 4.40. The number of Topliss-reactive ketones (excluding diaryl/α,β-unsaturated/α-hetero) is 1. The number of ketones is 1. The third kappa shape index (κ3) is 5.02. The zero-order chi connectivity index (χ0) is 24.9. The van der Waals surface area contributed by atoms with E-state index in [2.05, 4.69) is 4.98 Å². The van der Waals surface area contributed by atoms with Crippen LogP contribution in [0.1, 0.15) is 30.5 Å². The molecule has 0 aliphatic carbocycles. The lowest BCUT2D eigenvalue weighted by Gasteiger charge is -2.25. The van der Waals surface area contributed by atoms with Gasteiger partial charge in [0.2, 0.25) is 0 Å². The summed E-state index contributed by atoms with van der Waals surface area (Å²) in [6, 6.07) is 11.1. The highest BCUT2D eigenvalue weighted by Gasteiger charge is 2.45. The number of benzene rings is 2. The molecule has 9 heteroatoms. The molecule has 1 fully saturated rings. The lowest BCUT2D eigenvalue weighted by Crippen LogP contribution is -2.31. The summed E-state index contributed by atoms with van der Waals surface area (Å²) < 4.78 is 12.6. The van der Waals surface area contributed by atoms with Crippen molar-refractivity contribution in [2.75, 3.05) is 20.3 Å². The number of hydrogen-bond acceptors (Lipinski definition) is 6. The van der Waals surface area contributed by atoms with E-state index < -0.39 is 17.7 Å². The van der Waals surface area contributed by atoms with E-state index in [0.717, 1.165) is 0 Å². The maximum Gasteiger partial charge on any atom is 0.295 e. The van der Waals surface area contributed by atoms with Crippen LogP contribution in [0.5, 0.6) is 11.5 Å². The fourth-order valence-electron chi connectivity index (χ4n) is 4.16. The number of likely N-dealkylation sites (tertiary alicyclic amines) is 1. The standard InChI is InChI=1S/C26H26ClN3O5/c1-3-35-21-10-7-18(15-20(21)27)24(31)22-23(17-5-8-19(34-2)9-6-17)30(26(33)25(22)32)13-4-12-29-14-11-28-16-29/h5-11,14-16,23,31H,3-4,12-13H2,1-2H3/b24-22+/t23-/m1/s1. The SMILES string of the molecule is CCOc1ccc(/C(O)=C2\C(=O)C(=O)N(CCCn3ccnc3)[C@@H]2c2ccc(OC)cc2)cc1Cl. The van der Waals surface area contributed by atoms with Crippen LogP contribution in [-0.4, -0.2) is 51.5 Å². The van der Waals surface area contributed by atoms with Gasteiger partial charge in [-0.15, -0.1) is 0 Å². The summed E-state index contributed by atoms with van der Waals surface area (Å²) >= 11 is 6.31. The average molecular weight is 496 g/mol. The Morgan fingerprint density at radius 1 is 1.14 bits per heavy atom. The summed E-state index contributed by atoms with van der Waals surface area (Å²) in [6.45, 7) is 3.23. The first kappa shape index (κ1) is 24.3. The Labute approximate surface area is 208 Å². The smallest absolute Gasteiger partial charge is 0.295 e. The van der Waals surface area contributed by atoms with E-state index in [1.807, 2.05) is 17.7 Å². The largest absolute Gasteiger partial charge is 0.507 e. The molecule has 1 aliphatic rings. The van der Waals surface area contributed by atoms with Crippen LogP contribution in [0.25, 0.3) is 5.76 Å². The first-order valence-corrected chi connectivity index (χ1v) is 11.6. The molecule has 0 saturated carbocycles. The maximum atomic E-state index is 13.2. The number of amides is 1. The molecule has 35 heavy (non-hydrogen) atoms. The molecule has 1 amide bonds. The number of hydrogen-bond donors (Lipinski definition) is 1. The number of rotatable bonds is 9. The Balaban J connectivity index is 1.73. The molecule has 1 N–H and O–H groups in total. The molecule has 1 aromatic heterocycles. The minimum Gasteiger partial charge on any atom is -0.507 e. The second-order valence-corrected chi connectivity index (χ2v) is 8.41. The maximum absolute atomic E-state index is 13.2. The van der Waals surface area contributed by atoms with Crippen LogP contribution in [-0.2, 0) is 16.1 Å². The normalized spacial score (nSPS) is 17.1. The third-order valence-corrected chi connectivity index (χ3v) is 6.15. The Morgan fingerprint density at radius 2 is 1.91 bits per heavy atom. The summed E-state index contributed by atoms with van der Waals surface area (Å²) in [7, 11) is 1.56. The molecule has 182 valence electrons. The van der Waals surface area contributed by atoms with E-state index >= 15 is 0 Å². The number of aryl methyl sites for hydroxylation is 1. The topological polar surface area (TPSA) is 93.9 Å². The lowest BCUT2D eigenvalue weighted by molar-refractivity contribution is -0.139. The molecule has 1 atom stereocenters. The molecule has 0 unspecified atom stereocenters. The van der Waals surface area contributed by atoms with Crippen molar-refractivity contribution in [3.63, 3.8) is 0 Å². The zero-order valence-electron chi connectivity index (χ0n) is 19.5. The predicted molar refractivity (Wildman–Crippen MR) is 131 cm³/mol. The Bertz CT molecular complexity index is 1240. The van der Waals surface area contributed by atoms with E-state index in [-0.39, 0.29) is 11.3 Å². The molecule has 2 aromatic carbocycles. The molecular weight excluding hydrogens is 470 g/mol. The van der Waals surface area contributed by atoms with Crippen LogP contribution >= 0.6 is 11.6 Å². The van der Waals surface area contributed by atoms with Crippen molar-refractivity contribution < 1.29 is 24.2 Å². The van der Waals surface area contributed by atoms with Gasteiger partial charge in [-0.05, 0) is 49.2 Å². The van der Waals surface area contributed by atoms with E-state index in [0.29, 0.717) is 53.8 Å². The minimum atomic E-state index is -0.756. The first-order chi connectivity index (χ1) is 16.9. The molecule has 2 heterocycles. The highest BCUT2D eigenvalue weighted by Crippen LogP contribution is 2.40. The number of halogens is 1. The second-order valence-electron chi connectivity index (χ2n) is 8.00. The number of carbonyl (C=O) groups is 2. The highest BCUT2D eigenvalue weighted by atomic mass is 35.5. The molecule has 3 aromatic rings. The van der Waals surface area contributed by atoms with Crippen molar-refractivity contribution in [3.05, 3.63) is 82.9 Å². The van der Waals surface area contributed by atoms with Crippen molar-refractivity contribution in [2.24, 2.45) is 0 Å². The van der Waals surface area contributed by atoms with Crippen molar-refractivity contribution in [2.45, 2.75) is 25.9 Å². The van der Waals surface area contributed by atoms with Crippen molar-refractivity contribution >= 4 is 29.1 Å². The molecule has 1 saturated heterocycles. The molecule has 0 bridgehead atoms. The molecule has 4 rings (SSSR count). The van der Waals surface area contributed by atoms with Crippen LogP contribution in [0.2, 0.25) is 5.02 Å². The van der Waals surface area contributed by atoms with Gasteiger partial charge in [0.05, 0.1) is 36.7 Å². The number of ether oxygens (including phenoxy) is 2. The van der Waals surface area contributed by atoms with Crippen LogP contribution in [0.3, 0.4) is 0 Å². The zero-order valence-corrected chi connectivity index (χ0v) is 20.2. The van der Waals surface area contributed by atoms with Crippen molar-refractivity contribution in [1.29, 1.82) is 0 Å². The van der Waals surface area contributed by atoms with Crippen LogP contribution in [0.15, 0.2) is 66.8 Å². The van der Waals surface area contributed by atoms with Gasteiger partial charge in [0.1, 0.15) is 17.3 Å². The average Bonchev–Trinajstić information content (AvgIpc) is 3.47. The van der Waals surface area contributed by atoms with Gasteiger partial charge in [-0.3, -0.25) is 9.59 Å². The van der Waals surface area contributed by atoms with Crippen LogP contribution in [0, 0.1) is 0 Å². The van der Waals surface area contributed by atoms with Gasteiger partial charge in [-0.25, -0.2) is 4.98 Å². The van der Waals surface area contributed by atoms with Crippen LogP contribution in [0.4, 0.5) is 0 Å². The number of aromatic nitrogens is 2. The van der Waals surface area contributed by atoms with Gasteiger partial charge >= 0.3 is 0 Å². The van der Waals surface area contributed by atoms with Crippen molar-refractivity contribution in [3.8, 4) is 11.5 Å². The number of aliphatic hydroxyl groups is 1. The monoisotopic (exact) mass is 495 g/mol. The number of imidazole rings is 1. The van der Waals surface area contributed by atoms with Gasteiger partial charge in [-0.1, -0.05) is 23.7 Å². The Hall–Kier alpha value is -3.78. The van der Waals surface area contributed by atoms with Crippen LogP contribution < -0.4 is 9.47 Å². The van der Waals surface area contributed by atoms with Gasteiger partial charge in [0, 0.05) is 31.0 Å². The van der Waals surface area contributed by atoms with Gasteiger partial charge in [0.15, 0.2) is 0 Å². The first-order valence-electron chi connectivity index (χ1n) is 11.3. The third-order valence-electron chi connectivity index (χ3n) is 5.85. The van der Waals surface area contributed by atoms with Gasteiger partial charge < -0.3 is 24.0 Å². The number of carbonyl (C=O) groups excluding carboxylic acids is 2.